The molecule has 0 atom stereocenters. The molecule has 1 aromatic carbocycles. The molecule has 1 N–H and O–H groups in total. The summed E-state index contributed by atoms with van der Waals surface area (Å²) in [5, 5.41) is 4.96. The molecular weight excluding hydrogens is 256 g/mol. The smallest absolute Gasteiger partial charge is 0.0483 e. The minimum Gasteiger partial charge on any atom is -0.347 e. The van der Waals surface area contributed by atoms with Gasteiger partial charge in [0.15, 0.2) is 0 Å². The molecule has 2 nitrogen and oxygen atoms in total. The van der Waals surface area contributed by atoms with Crippen molar-refractivity contribution in [1.29, 1.82) is 0 Å². The van der Waals surface area contributed by atoms with Gasteiger partial charge in [-0.15, -0.1) is 0 Å². The summed E-state index contributed by atoms with van der Waals surface area (Å²) in [5.74, 6) is 0. The molecule has 0 radical (unpaired) electrons. The number of aromatic nitrogens is 1. The SMILES string of the molecule is CC(C)(C)CCn1ccc2c(CNC(C)(C)C)cccc21. The van der Waals surface area contributed by atoms with Gasteiger partial charge < -0.3 is 9.88 Å². The second kappa shape index (κ2) is 5.84. The predicted octanol–water partition coefficient (Wildman–Crippen LogP) is 4.97. The van der Waals surface area contributed by atoms with Crippen molar-refractivity contribution in [3.63, 3.8) is 0 Å². The van der Waals surface area contributed by atoms with Crippen LogP contribution in [0.5, 0.6) is 0 Å². The van der Waals surface area contributed by atoms with Gasteiger partial charge in [-0.25, -0.2) is 0 Å². The summed E-state index contributed by atoms with van der Waals surface area (Å²) >= 11 is 0. The van der Waals surface area contributed by atoms with Gasteiger partial charge in [-0.1, -0.05) is 32.9 Å². The summed E-state index contributed by atoms with van der Waals surface area (Å²) in [6.07, 6.45) is 3.43. The molecule has 21 heavy (non-hydrogen) atoms. The summed E-state index contributed by atoms with van der Waals surface area (Å²) < 4.78 is 2.39. The van der Waals surface area contributed by atoms with Crippen molar-refractivity contribution in [1.82, 2.24) is 9.88 Å². The lowest BCUT2D eigenvalue weighted by Gasteiger charge is -2.21. The molecule has 0 unspecified atom stereocenters. The molecule has 0 amide bonds. The van der Waals surface area contributed by atoms with Gasteiger partial charge in [0, 0.05) is 35.7 Å². The fourth-order valence-electron chi connectivity index (χ4n) is 2.45. The number of hydrogen-bond donors (Lipinski definition) is 1. The average Bonchev–Trinajstić information content (AvgIpc) is 2.75. The molecule has 0 aliphatic heterocycles. The van der Waals surface area contributed by atoms with Crippen LogP contribution in [0.4, 0.5) is 0 Å². The van der Waals surface area contributed by atoms with Crippen LogP contribution in [0.2, 0.25) is 0 Å². The zero-order valence-electron chi connectivity index (χ0n) is 14.5. The van der Waals surface area contributed by atoms with Gasteiger partial charge in [0.1, 0.15) is 0 Å². The average molecular weight is 286 g/mol. The normalized spacial score (nSPS) is 13.0. The maximum absolute atomic E-state index is 3.59. The van der Waals surface area contributed by atoms with E-state index >= 15 is 0 Å². The molecule has 2 aromatic rings. The molecule has 0 spiro atoms. The van der Waals surface area contributed by atoms with E-state index in [0.29, 0.717) is 5.41 Å². The first kappa shape index (κ1) is 16.1. The predicted molar refractivity (Wildman–Crippen MR) is 92.6 cm³/mol. The highest BCUT2D eigenvalue weighted by Gasteiger charge is 2.13. The number of nitrogens with one attached hydrogen (secondary N) is 1. The van der Waals surface area contributed by atoms with Crippen LogP contribution in [0.3, 0.4) is 0 Å². The largest absolute Gasteiger partial charge is 0.347 e. The van der Waals surface area contributed by atoms with E-state index in [-0.39, 0.29) is 5.54 Å². The topological polar surface area (TPSA) is 17.0 Å². The highest BCUT2D eigenvalue weighted by molar-refractivity contribution is 5.83. The van der Waals surface area contributed by atoms with Crippen LogP contribution in [-0.4, -0.2) is 10.1 Å². The highest BCUT2D eigenvalue weighted by Crippen LogP contribution is 2.24. The standard InChI is InChI=1S/C19H30N2/c1-18(2,3)11-13-21-12-10-16-15(8-7-9-17(16)21)14-20-19(4,5)6/h7-10,12,20H,11,13-14H2,1-6H3. The first-order chi connectivity index (χ1) is 9.66. The summed E-state index contributed by atoms with van der Waals surface area (Å²) in [4.78, 5) is 0. The van der Waals surface area contributed by atoms with Crippen molar-refractivity contribution in [2.45, 2.75) is 66.6 Å². The third-order valence-electron chi connectivity index (χ3n) is 3.82. The van der Waals surface area contributed by atoms with E-state index in [2.05, 4.69) is 81.9 Å². The Kier molecular flexibility index (Phi) is 4.48. The van der Waals surface area contributed by atoms with E-state index in [4.69, 9.17) is 0 Å². The van der Waals surface area contributed by atoms with Crippen molar-refractivity contribution in [3.8, 4) is 0 Å². The van der Waals surface area contributed by atoms with Crippen molar-refractivity contribution in [2.75, 3.05) is 0 Å². The molecule has 0 fully saturated rings. The van der Waals surface area contributed by atoms with Crippen LogP contribution < -0.4 is 5.32 Å². The Morgan fingerprint density at radius 3 is 2.33 bits per heavy atom. The van der Waals surface area contributed by atoms with Gasteiger partial charge in [0.2, 0.25) is 0 Å². The van der Waals surface area contributed by atoms with Crippen molar-refractivity contribution >= 4 is 10.9 Å². The molecule has 2 heteroatoms. The van der Waals surface area contributed by atoms with E-state index in [1.54, 1.807) is 0 Å². The van der Waals surface area contributed by atoms with E-state index < -0.39 is 0 Å². The molecule has 0 aliphatic rings. The molecule has 1 heterocycles. The van der Waals surface area contributed by atoms with Crippen molar-refractivity contribution < 1.29 is 0 Å². The van der Waals surface area contributed by atoms with Gasteiger partial charge in [0.05, 0.1) is 0 Å². The molecular formula is C19H30N2. The quantitative estimate of drug-likeness (QED) is 0.840. The first-order valence-electron chi connectivity index (χ1n) is 7.97. The number of nitrogens with zero attached hydrogens (tertiary/aromatic N) is 1. The van der Waals surface area contributed by atoms with E-state index in [0.717, 1.165) is 13.1 Å². The van der Waals surface area contributed by atoms with Gasteiger partial charge in [-0.2, -0.15) is 0 Å². The van der Waals surface area contributed by atoms with Gasteiger partial charge in [-0.3, -0.25) is 0 Å². The van der Waals surface area contributed by atoms with E-state index in [9.17, 15) is 0 Å². The molecule has 0 aliphatic carbocycles. The van der Waals surface area contributed by atoms with Crippen LogP contribution in [-0.2, 0) is 13.1 Å². The van der Waals surface area contributed by atoms with Crippen LogP contribution in [0.1, 0.15) is 53.5 Å². The molecule has 1 aromatic heterocycles. The summed E-state index contributed by atoms with van der Waals surface area (Å²) in [5.41, 5.74) is 3.27. The van der Waals surface area contributed by atoms with Crippen LogP contribution >= 0.6 is 0 Å². The Labute approximate surface area is 129 Å². The fraction of sp³-hybridized carbons (Fsp3) is 0.579. The van der Waals surface area contributed by atoms with Gasteiger partial charge >= 0.3 is 0 Å². The van der Waals surface area contributed by atoms with Gasteiger partial charge in [-0.05, 0) is 50.3 Å². The second-order valence-electron chi connectivity index (χ2n) is 8.27. The van der Waals surface area contributed by atoms with E-state index in [1.807, 2.05) is 0 Å². The van der Waals surface area contributed by atoms with Gasteiger partial charge in [0.25, 0.3) is 0 Å². The molecule has 0 bridgehead atoms. The zero-order chi connectivity index (χ0) is 15.7. The van der Waals surface area contributed by atoms with Crippen molar-refractivity contribution in [2.24, 2.45) is 5.41 Å². The lowest BCUT2D eigenvalue weighted by atomic mass is 9.92. The fourth-order valence-corrected chi connectivity index (χ4v) is 2.45. The maximum atomic E-state index is 3.59. The van der Waals surface area contributed by atoms with Crippen molar-refractivity contribution in [3.05, 3.63) is 36.0 Å². The Balaban J connectivity index is 2.21. The lowest BCUT2D eigenvalue weighted by Crippen LogP contribution is -2.35. The monoisotopic (exact) mass is 286 g/mol. The molecule has 2 rings (SSSR count). The second-order valence-corrected chi connectivity index (χ2v) is 8.27. The Hall–Kier alpha value is -1.28. The van der Waals surface area contributed by atoms with Crippen LogP contribution in [0.15, 0.2) is 30.5 Å². The number of benzene rings is 1. The molecule has 116 valence electrons. The summed E-state index contributed by atoms with van der Waals surface area (Å²) in [6.45, 7) is 15.5. The zero-order valence-corrected chi connectivity index (χ0v) is 14.5. The Morgan fingerprint density at radius 1 is 1.00 bits per heavy atom. The van der Waals surface area contributed by atoms with Crippen LogP contribution in [0.25, 0.3) is 10.9 Å². The number of fused-ring (bicyclic) bond motifs is 1. The Morgan fingerprint density at radius 2 is 1.71 bits per heavy atom. The van der Waals surface area contributed by atoms with Crippen LogP contribution in [0, 0.1) is 5.41 Å². The first-order valence-corrected chi connectivity index (χ1v) is 7.97. The minimum absolute atomic E-state index is 0.150. The number of rotatable bonds is 4. The number of hydrogen-bond acceptors (Lipinski definition) is 1. The Bertz CT molecular complexity index is 594. The van der Waals surface area contributed by atoms with E-state index in [1.165, 1.54) is 22.9 Å². The summed E-state index contributed by atoms with van der Waals surface area (Å²) in [7, 11) is 0. The third-order valence-corrected chi connectivity index (χ3v) is 3.82. The lowest BCUT2D eigenvalue weighted by molar-refractivity contribution is 0.353. The summed E-state index contributed by atoms with van der Waals surface area (Å²) in [6, 6.07) is 8.90. The highest BCUT2D eigenvalue weighted by atomic mass is 15.0. The number of aryl methyl sites for hydroxylation is 1. The molecule has 0 saturated carbocycles. The molecule has 0 saturated heterocycles. The minimum atomic E-state index is 0.150. The maximum Gasteiger partial charge on any atom is 0.0483 e. The third kappa shape index (κ3) is 4.60.